The number of pyridine rings is 1. The molecule has 0 saturated carbocycles. The van der Waals surface area contributed by atoms with Crippen molar-refractivity contribution in [2.24, 2.45) is 0 Å². The number of hydrogen-bond acceptors (Lipinski definition) is 3. The van der Waals surface area contributed by atoms with Crippen LogP contribution in [0.1, 0.15) is 30.8 Å². The maximum Gasteiger partial charge on any atom is 0.123 e. The normalized spacial score (nSPS) is 12.7. The van der Waals surface area contributed by atoms with Crippen molar-refractivity contribution in [1.82, 2.24) is 20.3 Å². The van der Waals surface area contributed by atoms with Gasteiger partial charge in [0.15, 0.2) is 0 Å². The Morgan fingerprint density at radius 2 is 2.15 bits per heavy atom. The van der Waals surface area contributed by atoms with E-state index in [1.807, 2.05) is 18.5 Å². The number of aromatic amines is 1. The van der Waals surface area contributed by atoms with E-state index in [-0.39, 0.29) is 6.04 Å². The third-order valence-electron chi connectivity index (χ3n) is 3.48. The maximum atomic E-state index is 4.34. The zero-order valence-corrected chi connectivity index (χ0v) is 11.5. The van der Waals surface area contributed by atoms with E-state index in [1.54, 1.807) is 6.20 Å². The van der Waals surface area contributed by atoms with Gasteiger partial charge in [0.05, 0.1) is 11.6 Å². The number of benzene rings is 1. The summed E-state index contributed by atoms with van der Waals surface area (Å²) in [6.07, 6.45) is 6.48. The van der Waals surface area contributed by atoms with Gasteiger partial charge in [0.25, 0.3) is 0 Å². The first-order chi connectivity index (χ1) is 9.86. The molecule has 2 heterocycles. The quantitative estimate of drug-likeness (QED) is 0.745. The van der Waals surface area contributed by atoms with Crippen molar-refractivity contribution >= 4 is 10.9 Å². The molecule has 102 valence electrons. The zero-order chi connectivity index (χ0) is 13.8. The second kappa shape index (κ2) is 5.84. The summed E-state index contributed by atoms with van der Waals surface area (Å²) in [5.41, 5.74) is 2.30. The molecule has 2 aromatic heterocycles. The Kier molecular flexibility index (Phi) is 3.74. The van der Waals surface area contributed by atoms with E-state index in [2.05, 4.69) is 51.5 Å². The maximum absolute atomic E-state index is 4.34. The van der Waals surface area contributed by atoms with Crippen LogP contribution in [0.5, 0.6) is 0 Å². The number of rotatable bonds is 5. The summed E-state index contributed by atoms with van der Waals surface area (Å²) in [7, 11) is 0. The standard InChI is InChI=1S/C16H18N4/c1-2-14(16-18-8-9-19-16)20-11-12-5-6-15-13(10-12)4-3-7-17-15/h3-10,14,20H,2,11H2,1H3,(H,18,19). The van der Waals surface area contributed by atoms with E-state index >= 15 is 0 Å². The van der Waals surface area contributed by atoms with Gasteiger partial charge in [-0.05, 0) is 30.2 Å². The molecule has 1 unspecified atom stereocenters. The van der Waals surface area contributed by atoms with Crippen LogP contribution in [0.2, 0.25) is 0 Å². The second-order valence-electron chi connectivity index (χ2n) is 4.85. The topological polar surface area (TPSA) is 53.6 Å². The Morgan fingerprint density at radius 3 is 2.95 bits per heavy atom. The monoisotopic (exact) mass is 266 g/mol. The van der Waals surface area contributed by atoms with Gasteiger partial charge in [0.1, 0.15) is 5.82 Å². The van der Waals surface area contributed by atoms with E-state index in [0.717, 1.165) is 24.3 Å². The highest BCUT2D eigenvalue weighted by Gasteiger charge is 2.10. The molecule has 3 rings (SSSR count). The molecule has 3 aromatic rings. The van der Waals surface area contributed by atoms with Gasteiger partial charge in [-0.2, -0.15) is 0 Å². The molecule has 4 nitrogen and oxygen atoms in total. The molecule has 2 N–H and O–H groups in total. The van der Waals surface area contributed by atoms with Gasteiger partial charge >= 0.3 is 0 Å². The van der Waals surface area contributed by atoms with Crippen LogP contribution in [0.15, 0.2) is 48.9 Å². The highest BCUT2D eigenvalue weighted by Crippen LogP contribution is 2.16. The van der Waals surface area contributed by atoms with Crippen LogP contribution >= 0.6 is 0 Å². The minimum atomic E-state index is 0.259. The van der Waals surface area contributed by atoms with E-state index < -0.39 is 0 Å². The number of imidazole rings is 1. The molecule has 0 spiro atoms. The lowest BCUT2D eigenvalue weighted by Gasteiger charge is -2.14. The summed E-state index contributed by atoms with van der Waals surface area (Å²) >= 11 is 0. The van der Waals surface area contributed by atoms with Gasteiger partial charge in [0.2, 0.25) is 0 Å². The second-order valence-corrected chi connectivity index (χ2v) is 4.85. The van der Waals surface area contributed by atoms with Crippen molar-refractivity contribution in [1.29, 1.82) is 0 Å². The summed E-state index contributed by atoms with van der Waals surface area (Å²) in [4.78, 5) is 11.8. The van der Waals surface area contributed by atoms with Gasteiger partial charge < -0.3 is 10.3 Å². The molecule has 1 atom stereocenters. The summed E-state index contributed by atoms with van der Waals surface area (Å²) < 4.78 is 0. The Balaban J connectivity index is 1.73. The lowest BCUT2D eigenvalue weighted by molar-refractivity contribution is 0.498. The van der Waals surface area contributed by atoms with Gasteiger partial charge in [-0.1, -0.05) is 19.1 Å². The molecule has 4 heteroatoms. The molecule has 0 aliphatic rings. The van der Waals surface area contributed by atoms with Crippen LogP contribution in [0.4, 0.5) is 0 Å². The predicted octanol–water partition coefficient (Wildman–Crippen LogP) is 3.20. The van der Waals surface area contributed by atoms with Crippen LogP contribution in [0.25, 0.3) is 10.9 Å². The zero-order valence-electron chi connectivity index (χ0n) is 11.5. The predicted molar refractivity (Wildman–Crippen MR) is 80.2 cm³/mol. The number of nitrogens with one attached hydrogen (secondary N) is 2. The summed E-state index contributed by atoms with van der Waals surface area (Å²) in [5.74, 6) is 0.995. The summed E-state index contributed by atoms with van der Waals surface area (Å²) in [5, 5.41) is 4.72. The average Bonchev–Trinajstić information content (AvgIpc) is 3.02. The first-order valence-electron chi connectivity index (χ1n) is 6.93. The number of hydrogen-bond donors (Lipinski definition) is 2. The Labute approximate surface area is 118 Å². The van der Waals surface area contributed by atoms with E-state index in [0.29, 0.717) is 0 Å². The van der Waals surface area contributed by atoms with Crippen molar-refractivity contribution in [3.8, 4) is 0 Å². The van der Waals surface area contributed by atoms with Crippen LogP contribution in [0.3, 0.4) is 0 Å². The lowest BCUT2D eigenvalue weighted by Crippen LogP contribution is -2.21. The molecule has 0 bridgehead atoms. The lowest BCUT2D eigenvalue weighted by atomic mass is 10.1. The van der Waals surface area contributed by atoms with Crippen LogP contribution < -0.4 is 5.32 Å². The molecular weight excluding hydrogens is 248 g/mol. The van der Waals surface area contributed by atoms with Gasteiger partial charge in [0, 0.05) is 30.5 Å². The van der Waals surface area contributed by atoms with Crippen molar-refractivity contribution < 1.29 is 0 Å². The Morgan fingerprint density at radius 1 is 1.20 bits per heavy atom. The fourth-order valence-corrected chi connectivity index (χ4v) is 2.38. The summed E-state index contributed by atoms with van der Waals surface area (Å²) in [6, 6.07) is 10.7. The van der Waals surface area contributed by atoms with Crippen LogP contribution in [0, 0.1) is 0 Å². The van der Waals surface area contributed by atoms with Crippen molar-refractivity contribution in [3.05, 3.63) is 60.3 Å². The molecule has 20 heavy (non-hydrogen) atoms. The molecule has 0 saturated heterocycles. The molecule has 0 aliphatic carbocycles. The van der Waals surface area contributed by atoms with E-state index in [9.17, 15) is 0 Å². The first kappa shape index (κ1) is 12.8. The fourth-order valence-electron chi connectivity index (χ4n) is 2.38. The van der Waals surface area contributed by atoms with Gasteiger partial charge in [-0.15, -0.1) is 0 Å². The third kappa shape index (κ3) is 2.70. The Bertz CT molecular complexity index is 676. The molecule has 0 amide bonds. The average molecular weight is 266 g/mol. The Hall–Kier alpha value is -2.20. The van der Waals surface area contributed by atoms with Gasteiger partial charge in [-0.25, -0.2) is 4.98 Å². The smallest absolute Gasteiger partial charge is 0.123 e. The highest BCUT2D eigenvalue weighted by atomic mass is 15.0. The minimum Gasteiger partial charge on any atom is -0.347 e. The number of nitrogens with zero attached hydrogens (tertiary/aromatic N) is 2. The number of fused-ring (bicyclic) bond motifs is 1. The molecule has 1 aromatic carbocycles. The van der Waals surface area contributed by atoms with Crippen molar-refractivity contribution in [2.75, 3.05) is 0 Å². The van der Waals surface area contributed by atoms with Crippen molar-refractivity contribution in [2.45, 2.75) is 25.9 Å². The van der Waals surface area contributed by atoms with Gasteiger partial charge in [-0.3, -0.25) is 4.98 Å². The number of H-pyrrole nitrogens is 1. The molecule has 0 aliphatic heterocycles. The van der Waals surface area contributed by atoms with Crippen LogP contribution in [-0.4, -0.2) is 15.0 Å². The van der Waals surface area contributed by atoms with Crippen LogP contribution in [-0.2, 0) is 6.54 Å². The SMILES string of the molecule is CCC(NCc1ccc2ncccc2c1)c1ncc[nH]1. The summed E-state index contributed by atoms with van der Waals surface area (Å²) in [6.45, 7) is 2.98. The molecule has 0 fully saturated rings. The third-order valence-corrected chi connectivity index (χ3v) is 3.48. The van der Waals surface area contributed by atoms with E-state index in [1.165, 1.54) is 10.9 Å². The first-order valence-corrected chi connectivity index (χ1v) is 6.93. The fraction of sp³-hybridized carbons (Fsp3) is 0.250. The largest absolute Gasteiger partial charge is 0.347 e. The minimum absolute atomic E-state index is 0.259. The van der Waals surface area contributed by atoms with E-state index in [4.69, 9.17) is 0 Å². The highest BCUT2D eigenvalue weighted by molar-refractivity contribution is 5.78. The molecular formula is C16H18N4. The number of aromatic nitrogens is 3. The molecule has 0 radical (unpaired) electrons. The van der Waals surface area contributed by atoms with Crippen molar-refractivity contribution in [3.63, 3.8) is 0 Å².